The Morgan fingerprint density at radius 3 is 1.79 bits per heavy atom. The highest BCUT2D eigenvalue weighted by atomic mass is 16.6. The van der Waals surface area contributed by atoms with Crippen molar-refractivity contribution in [1.29, 1.82) is 0 Å². The molecule has 0 saturated carbocycles. The Morgan fingerprint density at radius 1 is 0.698 bits per heavy atom. The summed E-state index contributed by atoms with van der Waals surface area (Å²) in [4.78, 5) is 53.8. The number of fused-ring (bicyclic) bond motifs is 4. The van der Waals surface area contributed by atoms with Gasteiger partial charge in [0, 0.05) is 40.4 Å². The number of hydrogen-bond donors (Lipinski definition) is 0. The SMILES string of the molecule is C=C(C)C(=O)OCCOC(=O)CCC1(CCC(=O)OCCOC(=O)C(=C)C)c2ccccc2-c2nc3ccccc3cc21. The largest absolute Gasteiger partial charge is 0.462 e. The van der Waals surface area contributed by atoms with Crippen LogP contribution in [0.25, 0.3) is 22.2 Å². The molecule has 4 rings (SSSR count). The average molecular weight is 586 g/mol. The third-order valence-electron chi connectivity index (χ3n) is 7.31. The standard InChI is InChI=1S/C34H35NO8/c1-22(2)32(38)42-19-17-40-29(36)13-15-34(16-14-30(37)41-18-20-43-33(39)23(3)4)26-11-7-6-10-25(26)31-27(34)21-24-9-5-8-12-28(24)35-31/h5-12,21H,1,3,13-20H2,2,4H3. The van der Waals surface area contributed by atoms with Crippen molar-refractivity contribution >= 4 is 34.8 Å². The van der Waals surface area contributed by atoms with Crippen LogP contribution >= 0.6 is 0 Å². The van der Waals surface area contributed by atoms with Gasteiger partial charge in [-0.1, -0.05) is 55.6 Å². The lowest BCUT2D eigenvalue weighted by molar-refractivity contribution is -0.150. The molecule has 0 fully saturated rings. The minimum Gasteiger partial charge on any atom is -0.462 e. The molecule has 9 nitrogen and oxygen atoms in total. The zero-order chi connectivity index (χ0) is 31.0. The Hall–Kier alpha value is -4.79. The van der Waals surface area contributed by atoms with E-state index in [1.165, 1.54) is 13.8 Å². The average Bonchev–Trinajstić information content (AvgIpc) is 3.26. The fourth-order valence-corrected chi connectivity index (χ4v) is 5.20. The van der Waals surface area contributed by atoms with Crippen molar-refractivity contribution in [3.05, 3.63) is 90.0 Å². The second-order valence-corrected chi connectivity index (χ2v) is 10.5. The molecule has 0 saturated heterocycles. The summed E-state index contributed by atoms with van der Waals surface area (Å²) < 4.78 is 20.7. The number of ether oxygens (including phenoxy) is 4. The highest BCUT2D eigenvalue weighted by molar-refractivity contribution is 5.89. The van der Waals surface area contributed by atoms with E-state index in [9.17, 15) is 19.2 Å². The summed E-state index contributed by atoms with van der Waals surface area (Å²) in [6.45, 7) is 9.83. The van der Waals surface area contributed by atoms with Crippen molar-refractivity contribution in [2.45, 2.75) is 44.9 Å². The maximum absolute atomic E-state index is 12.8. The van der Waals surface area contributed by atoms with Crippen LogP contribution in [-0.2, 0) is 43.5 Å². The van der Waals surface area contributed by atoms with E-state index in [1.807, 2.05) is 48.5 Å². The Morgan fingerprint density at radius 2 is 1.21 bits per heavy atom. The van der Waals surface area contributed by atoms with Crippen LogP contribution in [-0.4, -0.2) is 55.3 Å². The molecule has 1 aliphatic carbocycles. The third kappa shape index (κ3) is 7.35. The molecule has 224 valence electrons. The Balaban J connectivity index is 1.54. The molecular weight excluding hydrogens is 550 g/mol. The molecule has 43 heavy (non-hydrogen) atoms. The van der Waals surface area contributed by atoms with Crippen LogP contribution in [0.2, 0.25) is 0 Å². The van der Waals surface area contributed by atoms with Crippen LogP contribution in [0.5, 0.6) is 0 Å². The molecule has 0 amide bonds. The number of esters is 4. The van der Waals surface area contributed by atoms with Crippen LogP contribution < -0.4 is 0 Å². The van der Waals surface area contributed by atoms with Gasteiger partial charge in [0.2, 0.25) is 0 Å². The lowest BCUT2D eigenvalue weighted by Crippen LogP contribution is -2.28. The predicted molar refractivity (Wildman–Crippen MR) is 160 cm³/mol. The fraction of sp³-hybridized carbons (Fsp3) is 0.324. The number of nitrogens with zero attached hydrogens (tertiary/aromatic N) is 1. The van der Waals surface area contributed by atoms with Crippen molar-refractivity contribution in [2.24, 2.45) is 0 Å². The van der Waals surface area contributed by atoms with Gasteiger partial charge in [-0.05, 0) is 49.9 Å². The van der Waals surface area contributed by atoms with Crippen molar-refractivity contribution in [1.82, 2.24) is 4.98 Å². The number of aromatic nitrogens is 1. The number of para-hydroxylation sites is 1. The van der Waals surface area contributed by atoms with Gasteiger partial charge in [0.25, 0.3) is 0 Å². The van der Waals surface area contributed by atoms with Crippen LogP contribution in [0.4, 0.5) is 0 Å². The molecule has 0 atom stereocenters. The minimum atomic E-state index is -0.722. The number of carbonyl (C=O) groups is 4. The van der Waals surface area contributed by atoms with Gasteiger partial charge in [-0.15, -0.1) is 0 Å². The first kappa shape index (κ1) is 31.2. The van der Waals surface area contributed by atoms with E-state index in [-0.39, 0.29) is 50.4 Å². The number of pyridine rings is 1. The van der Waals surface area contributed by atoms with Gasteiger partial charge >= 0.3 is 23.9 Å². The van der Waals surface area contributed by atoms with Gasteiger partial charge in [-0.3, -0.25) is 9.59 Å². The molecule has 0 N–H and O–H groups in total. The summed E-state index contributed by atoms with van der Waals surface area (Å²) in [7, 11) is 0. The first-order chi connectivity index (χ1) is 20.6. The van der Waals surface area contributed by atoms with E-state index in [4.69, 9.17) is 23.9 Å². The fourth-order valence-electron chi connectivity index (χ4n) is 5.20. The van der Waals surface area contributed by atoms with E-state index in [1.54, 1.807) is 0 Å². The smallest absolute Gasteiger partial charge is 0.333 e. The van der Waals surface area contributed by atoms with Crippen molar-refractivity contribution in [3.63, 3.8) is 0 Å². The van der Waals surface area contributed by atoms with Crippen LogP contribution in [0.15, 0.2) is 78.9 Å². The molecule has 0 unspecified atom stereocenters. The number of hydrogen-bond acceptors (Lipinski definition) is 9. The van der Waals surface area contributed by atoms with Gasteiger partial charge in [-0.25, -0.2) is 14.6 Å². The first-order valence-electron chi connectivity index (χ1n) is 14.1. The minimum absolute atomic E-state index is 0.0565. The molecular formula is C34H35NO8. The van der Waals surface area contributed by atoms with Crippen LogP contribution in [0.1, 0.15) is 50.7 Å². The van der Waals surface area contributed by atoms with Crippen molar-refractivity contribution in [2.75, 3.05) is 26.4 Å². The van der Waals surface area contributed by atoms with Crippen LogP contribution in [0, 0.1) is 0 Å². The highest BCUT2D eigenvalue weighted by Crippen LogP contribution is 2.53. The molecule has 0 bridgehead atoms. The lowest BCUT2D eigenvalue weighted by Gasteiger charge is -2.32. The van der Waals surface area contributed by atoms with Crippen molar-refractivity contribution in [3.8, 4) is 11.3 Å². The highest BCUT2D eigenvalue weighted by Gasteiger charge is 2.44. The van der Waals surface area contributed by atoms with E-state index < -0.39 is 29.3 Å². The van der Waals surface area contributed by atoms with E-state index in [2.05, 4.69) is 19.2 Å². The normalized spacial score (nSPS) is 12.5. The maximum Gasteiger partial charge on any atom is 0.333 e. The summed E-state index contributed by atoms with van der Waals surface area (Å²) in [5.41, 5.74) is 4.31. The molecule has 0 aliphatic heterocycles. The van der Waals surface area contributed by atoms with Gasteiger partial charge < -0.3 is 18.9 Å². The zero-order valence-electron chi connectivity index (χ0n) is 24.5. The maximum atomic E-state index is 12.8. The topological polar surface area (TPSA) is 118 Å². The third-order valence-corrected chi connectivity index (χ3v) is 7.31. The summed E-state index contributed by atoms with van der Waals surface area (Å²) in [5.74, 6) is -2.00. The second-order valence-electron chi connectivity index (χ2n) is 10.5. The number of rotatable bonds is 14. The molecule has 0 spiro atoms. The summed E-state index contributed by atoms with van der Waals surface area (Å²) >= 11 is 0. The Bertz CT molecular complexity index is 1520. The first-order valence-corrected chi connectivity index (χ1v) is 14.1. The second kappa shape index (κ2) is 13.9. The lowest BCUT2D eigenvalue weighted by atomic mass is 9.71. The predicted octanol–water partition coefficient (Wildman–Crippen LogP) is 5.39. The van der Waals surface area contributed by atoms with Gasteiger partial charge in [0.1, 0.15) is 26.4 Å². The Labute approximate surface area is 250 Å². The van der Waals surface area contributed by atoms with E-state index in [0.29, 0.717) is 12.8 Å². The zero-order valence-corrected chi connectivity index (χ0v) is 24.5. The van der Waals surface area contributed by atoms with Gasteiger partial charge in [0.05, 0.1) is 11.2 Å². The molecule has 3 aromatic rings. The summed E-state index contributed by atoms with van der Waals surface area (Å²) in [5, 5.41) is 0.947. The van der Waals surface area contributed by atoms with E-state index >= 15 is 0 Å². The molecule has 0 radical (unpaired) electrons. The molecule has 9 heteroatoms. The number of carbonyl (C=O) groups excluding carboxylic acids is 4. The Kier molecular flexibility index (Phi) is 10.1. The summed E-state index contributed by atoms with van der Waals surface area (Å²) in [6, 6.07) is 17.8. The van der Waals surface area contributed by atoms with E-state index in [0.717, 1.165) is 33.3 Å². The van der Waals surface area contributed by atoms with Gasteiger partial charge in [0.15, 0.2) is 0 Å². The molecule has 1 heterocycles. The number of benzene rings is 2. The summed E-state index contributed by atoms with van der Waals surface area (Å²) in [6.07, 6.45) is 0.817. The van der Waals surface area contributed by atoms with Gasteiger partial charge in [-0.2, -0.15) is 0 Å². The quantitative estimate of drug-likeness (QED) is 0.106. The van der Waals surface area contributed by atoms with Crippen molar-refractivity contribution < 1.29 is 38.1 Å². The monoisotopic (exact) mass is 585 g/mol. The molecule has 2 aromatic carbocycles. The molecule has 1 aromatic heterocycles. The van der Waals surface area contributed by atoms with Crippen LogP contribution in [0.3, 0.4) is 0 Å². The molecule has 1 aliphatic rings.